The van der Waals surface area contributed by atoms with Crippen LogP contribution in [-0.4, -0.2) is 130 Å². The number of hydrogen-bond donors (Lipinski definition) is 6. The Balaban J connectivity index is -0.000000170. The van der Waals surface area contributed by atoms with Crippen molar-refractivity contribution in [2.45, 2.75) is 270 Å². The number of hydrogen-bond acceptors (Lipinski definition) is 17. The second-order valence-electron chi connectivity index (χ2n) is 24.1. The van der Waals surface area contributed by atoms with E-state index in [1.807, 2.05) is 0 Å². The van der Waals surface area contributed by atoms with E-state index in [1.165, 1.54) is 64.2 Å². The average Bonchev–Trinajstić information content (AvgIpc) is 0.912. The van der Waals surface area contributed by atoms with Crippen LogP contribution in [0.3, 0.4) is 0 Å². The van der Waals surface area contributed by atoms with E-state index in [2.05, 4.69) is 180 Å². The summed E-state index contributed by atoms with van der Waals surface area (Å²) in [4.78, 5) is 85.4. The van der Waals surface area contributed by atoms with Gasteiger partial charge in [-0.1, -0.05) is 182 Å². The van der Waals surface area contributed by atoms with Crippen LogP contribution in [0.15, 0.2) is 0 Å². The van der Waals surface area contributed by atoms with Gasteiger partial charge in [0.15, 0.2) is 0 Å². The van der Waals surface area contributed by atoms with Crippen LogP contribution < -0.4 is 80.4 Å². The summed E-state index contributed by atoms with van der Waals surface area (Å²) in [6.45, 7) is 5.28. The molecule has 0 aliphatic heterocycles. The van der Waals surface area contributed by atoms with E-state index in [1.54, 1.807) is 0 Å². The quantitative estimate of drug-likeness (QED) is 0.00823. The van der Waals surface area contributed by atoms with E-state index < -0.39 is 84.6 Å². The number of alkyl carbamates (subject to hydrolysis) is 2. The number of nitrogens with one attached hydrogen (secondary N) is 4. The zero-order valence-corrected chi connectivity index (χ0v) is 70.6. The second kappa shape index (κ2) is 78.7. The molecule has 0 fully saturated rings. The van der Waals surface area contributed by atoms with Gasteiger partial charge < -0.3 is 62.3 Å². The molecule has 6 N–H and O–H groups in total. The average molecular weight is 1600 g/mol. The molecule has 0 spiro atoms. The van der Waals surface area contributed by atoms with Crippen molar-refractivity contribution in [3.05, 3.63) is 0 Å². The number of amides is 4. The third-order valence-corrected chi connectivity index (χ3v) is 16.9. The molecule has 0 saturated heterocycles. The SMILES string of the molecule is C#CC#CC#CC#CC#CC#COC(=O)N[C@H](COCC[C@@H](CCCCCCC)OC(=O)CCCCCCCCCCC)COP(=O)(O)OCCNC(=O)NCCOP(=O)(O)OC[C@@H](COCC[C@@H](CCCCCCC)OC(=O)CCCCCCCCCCC)NC(=O)OC#CC#CC#CC#CC#CC#C.[H-].[H-].[HH].[HH].[HH].[HH].[HH].[HH].[HH].[HH].[HH].[HH].[HH].[HH].[HH].[HH].[HH].[HH].[HH].[HH].[HH].[HH].[HH].[HH].[Na+].[Na+]. The third kappa shape index (κ3) is 75.0. The van der Waals surface area contributed by atoms with Crippen molar-refractivity contribution in [2.75, 3.05) is 65.9 Å². The molecule has 0 aliphatic carbocycles. The molecule has 0 rings (SSSR count). The van der Waals surface area contributed by atoms with Crippen molar-refractivity contribution in [3.63, 3.8) is 0 Å². The number of phosphoric acid groups is 2. The number of rotatable bonds is 60. The number of urea groups is 1. The number of unbranched alkanes of at least 4 members (excludes halogenated alkanes) is 24. The Hall–Kier alpha value is -6.39. The van der Waals surface area contributed by atoms with Gasteiger partial charge in [0, 0.05) is 129 Å². The summed E-state index contributed by atoms with van der Waals surface area (Å²) in [5.41, 5.74) is 0. The molecule has 27 heteroatoms. The van der Waals surface area contributed by atoms with Crippen molar-refractivity contribution in [1.29, 1.82) is 0 Å². The smallest absolute Gasteiger partial charge is 1.00 e. The fourth-order valence-electron chi connectivity index (χ4n) is 9.52. The van der Waals surface area contributed by atoms with E-state index >= 15 is 0 Å². The molecule has 23 nitrogen and oxygen atoms in total. The molecule has 108 heavy (non-hydrogen) atoms. The molecule has 628 valence electrons. The van der Waals surface area contributed by atoms with Gasteiger partial charge in [-0.25, -0.2) is 23.5 Å². The minimum Gasteiger partial charge on any atom is -1.00 e. The molecular weight excluding hydrogens is 1440 g/mol. The first-order valence-corrected chi connectivity index (χ1v) is 40.2. The van der Waals surface area contributed by atoms with E-state index in [-0.39, 0.29) is 145 Å². The molecule has 0 saturated carbocycles. The molecule has 0 aromatic heterocycles. The predicted molar refractivity (Wildman–Crippen MR) is 457 cm³/mol. The molecule has 0 aliphatic rings. The van der Waals surface area contributed by atoms with Crippen molar-refractivity contribution >= 4 is 45.8 Å². The van der Waals surface area contributed by atoms with Crippen LogP contribution in [0.2, 0.25) is 0 Å². The maximum atomic E-state index is 13.0. The van der Waals surface area contributed by atoms with Gasteiger partial charge in [-0.05, 0) is 97.7 Å². The first-order valence-electron chi connectivity index (χ1n) is 37.2. The number of esters is 2. The number of ether oxygens (including phenoxy) is 6. The molecule has 0 bridgehead atoms. The summed E-state index contributed by atoms with van der Waals surface area (Å²) in [7, 11) is -9.72. The fraction of sp³-hybridized carbons (Fsp3) is 0.642. The van der Waals surface area contributed by atoms with Crippen LogP contribution in [0.4, 0.5) is 14.4 Å². The van der Waals surface area contributed by atoms with E-state index in [0.717, 1.165) is 116 Å². The first kappa shape index (κ1) is 106. The summed E-state index contributed by atoms with van der Waals surface area (Å²) in [5, 5.41) is 9.69. The zero-order valence-electron chi connectivity index (χ0n) is 66.8. The Morgan fingerprint density at radius 1 is 0.380 bits per heavy atom. The monoisotopic (exact) mass is 1600 g/mol. The van der Waals surface area contributed by atoms with Crippen molar-refractivity contribution < 1.29 is 183 Å². The van der Waals surface area contributed by atoms with Gasteiger partial charge in [0.1, 0.15) is 24.4 Å². The van der Waals surface area contributed by atoms with Crippen LogP contribution in [0, 0.1) is 143 Å². The fourth-order valence-corrected chi connectivity index (χ4v) is 11.1. The van der Waals surface area contributed by atoms with Crippen molar-refractivity contribution in [3.8, 4) is 143 Å². The Bertz CT molecular complexity index is 3260. The Morgan fingerprint density at radius 2 is 0.667 bits per heavy atom. The van der Waals surface area contributed by atoms with Crippen molar-refractivity contribution in [1.82, 2.24) is 21.3 Å². The van der Waals surface area contributed by atoms with E-state index in [9.17, 15) is 42.9 Å². The zero-order chi connectivity index (χ0) is 77.8. The molecule has 2 unspecified atom stereocenters. The topological polar surface area (TPSA) is 300 Å². The Morgan fingerprint density at radius 3 is 0.981 bits per heavy atom. The van der Waals surface area contributed by atoms with Crippen LogP contribution >= 0.6 is 15.6 Å². The summed E-state index contributed by atoms with van der Waals surface area (Å²) >= 11 is 0. The second-order valence-corrected chi connectivity index (χ2v) is 27.0. The van der Waals surface area contributed by atoms with Gasteiger partial charge in [0.25, 0.3) is 0 Å². The van der Waals surface area contributed by atoms with Gasteiger partial charge in [0.05, 0.1) is 64.9 Å². The Labute approximate surface area is 725 Å². The standard InChI is InChI=1S/C81H112N4O19P2.2Na.22H2.2H/c1-7-13-19-25-29-33-37-41-47-53-63-97-80(89)84-73(69-95-65-59-75(55-49-43-23-17-11-5)103-77(86)57-51-45-39-35-31-27-21-15-9-3)71-101-105(91,92)99-67-61-82-79(88)83-62-68-100-106(93,94)102-72-74(85-81(90)98-64-54-48-42-38-34-30-26-20-14-8-2)70-96-66-60-76(56-50-44-24-18-12-6)104-78(87)58-52-46-40-36-32-28-22-16-10-4;;;;;;;;;;;;;;;;;;;;;;;;;;/h1-2,73-76H,9-12,15-18,21-24,27-28,31-32,35-36,39-40,43-46,49-52,55-62,65-72H2,3-6H3,(H,84,89)(H,85,90)(H,91,92)(H,93,94)(H2,82,83,88);;;22*1H;;/q;2*+1;;;;;;;;;;;;;;;;;;;;;;;2*-1/t73-,74-,75-,76-;;;;;;;;;;;;;;;;;;;;;;;;;;/m1........................../s1. The minimum atomic E-state index is -4.86. The predicted octanol–water partition coefficient (Wildman–Crippen LogP) is 12.8. The van der Waals surface area contributed by atoms with Crippen LogP contribution in [0.5, 0.6) is 0 Å². The normalized spacial score (nSPS) is 11.9. The first-order chi connectivity index (χ1) is 51.5. The number of terminal acetylenes is 2. The summed E-state index contributed by atoms with van der Waals surface area (Å²) in [6, 6.07) is -3.06. The van der Waals surface area contributed by atoms with Gasteiger partial charge in [-0.15, -0.1) is 12.8 Å². The van der Waals surface area contributed by atoms with Crippen LogP contribution in [0.1, 0.15) is 280 Å². The van der Waals surface area contributed by atoms with E-state index in [4.69, 9.17) is 59.4 Å². The molecular formula is C81H158N4Na2O19P2. The maximum absolute atomic E-state index is 13.0. The molecule has 4 amide bonds. The number of phosphoric ester groups is 2. The Kier molecular flexibility index (Phi) is 77.1. The summed E-state index contributed by atoms with van der Waals surface area (Å²) in [6.07, 6.45) is 44.1. The molecule has 0 aromatic rings. The van der Waals surface area contributed by atoms with Gasteiger partial charge >= 0.3 is 105 Å². The summed E-state index contributed by atoms with van der Waals surface area (Å²) in [5.74, 6) is 46.5. The van der Waals surface area contributed by atoms with Gasteiger partial charge in [0.2, 0.25) is 0 Å². The van der Waals surface area contributed by atoms with Gasteiger partial charge in [-0.3, -0.25) is 27.7 Å². The van der Waals surface area contributed by atoms with Crippen LogP contribution in [-0.2, 0) is 65.2 Å². The number of carbonyl (C=O) groups is 5. The van der Waals surface area contributed by atoms with Crippen molar-refractivity contribution in [2.24, 2.45) is 0 Å². The molecule has 0 heterocycles. The van der Waals surface area contributed by atoms with Gasteiger partial charge in [-0.2, -0.15) is 0 Å². The minimum absolute atomic E-state index is 0. The van der Waals surface area contributed by atoms with Crippen LogP contribution in [0.25, 0.3) is 0 Å². The largest absolute Gasteiger partial charge is 1.00 e. The third-order valence-electron chi connectivity index (χ3n) is 15.0. The molecule has 0 radical (unpaired) electrons. The van der Waals surface area contributed by atoms with E-state index in [0.29, 0.717) is 38.5 Å². The summed E-state index contributed by atoms with van der Waals surface area (Å²) < 4.78 is 80.0. The maximum Gasteiger partial charge on any atom is 1.00 e. The molecule has 6 atom stereocenters. The number of carbonyl (C=O) groups excluding carboxylic acids is 5. The molecule has 0 aromatic carbocycles.